The van der Waals surface area contributed by atoms with Crippen molar-refractivity contribution in [3.05, 3.63) is 71.8 Å². The van der Waals surface area contributed by atoms with E-state index in [9.17, 15) is 18.1 Å². The average Bonchev–Trinajstić information content (AvgIpc) is 3.16. The van der Waals surface area contributed by atoms with Gasteiger partial charge >= 0.3 is 0 Å². The van der Waals surface area contributed by atoms with Crippen LogP contribution in [0.1, 0.15) is 50.8 Å². The normalized spacial score (nSPS) is 32.2. The van der Waals surface area contributed by atoms with Crippen molar-refractivity contribution in [3.63, 3.8) is 0 Å². The molecule has 7 heteroatoms. The molecular weight excluding hydrogens is 438 g/mol. The van der Waals surface area contributed by atoms with Gasteiger partial charge in [-0.1, -0.05) is 74.5 Å². The number of hydrogen-bond acceptors (Lipinski definition) is 5. The first-order valence-corrected chi connectivity index (χ1v) is 13.3. The van der Waals surface area contributed by atoms with Gasteiger partial charge in [0.15, 0.2) is 6.10 Å². The summed E-state index contributed by atoms with van der Waals surface area (Å²) in [5, 5.41) is 9.81. The Hall–Kier alpha value is -1.77. The predicted octanol–water partition coefficient (Wildman–Crippen LogP) is 2.16. The SMILES string of the molecule is CC1(C)[C@H]2CC[C@@]1(CS(=O)(=O)[O-])OC2.C[C@H]1[C@H](O)C[NH+]1C(c1ccccc1)c1ccccc1. The molecule has 0 aromatic heterocycles. The number of hydrogen-bond donors (Lipinski definition) is 2. The molecule has 0 radical (unpaired) electrons. The summed E-state index contributed by atoms with van der Waals surface area (Å²) < 4.78 is 38.0. The molecule has 1 aliphatic carbocycles. The van der Waals surface area contributed by atoms with Crippen molar-refractivity contribution in [2.45, 2.75) is 57.4 Å². The molecule has 2 saturated heterocycles. The lowest BCUT2D eigenvalue weighted by atomic mass is 9.76. The fourth-order valence-corrected chi connectivity index (χ4v) is 7.01. The molecular formula is C26H35NO5S. The van der Waals surface area contributed by atoms with Crippen LogP contribution in [0.5, 0.6) is 0 Å². The molecule has 2 aromatic carbocycles. The molecule has 33 heavy (non-hydrogen) atoms. The zero-order valence-electron chi connectivity index (χ0n) is 19.6. The summed E-state index contributed by atoms with van der Waals surface area (Å²) in [5.74, 6) is 0.0352. The maximum absolute atomic E-state index is 10.8. The minimum Gasteiger partial charge on any atom is -0.748 e. The Morgan fingerprint density at radius 3 is 1.97 bits per heavy atom. The van der Waals surface area contributed by atoms with Crippen LogP contribution in [0.3, 0.4) is 0 Å². The van der Waals surface area contributed by atoms with E-state index >= 15 is 0 Å². The van der Waals surface area contributed by atoms with Gasteiger partial charge in [-0.05, 0) is 31.1 Å². The third-order valence-corrected chi connectivity index (χ3v) is 9.13. The first-order valence-electron chi connectivity index (χ1n) is 11.8. The minimum atomic E-state index is -4.20. The van der Waals surface area contributed by atoms with Crippen molar-refractivity contribution in [1.29, 1.82) is 0 Å². The van der Waals surface area contributed by atoms with Crippen LogP contribution in [0, 0.1) is 11.3 Å². The standard InChI is InChI=1S/C17H19NO.C9H16O4S/c1-13-16(19)12-18(13)17(14-8-4-2-5-9-14)15-10-6-3-7-11-15;1-8(2)7-3-4-9(8,13-5-7)6-14(10,11)12/h2-11,13,16-17,19H,12H2,1H3;7H,3-6H2,1-2H3,(H,10,11,12)/t13-,16+;7-,9-/m00/s1. The monoisotopic (exact) mass is 473 g/mol. The lowest BCUT2D eigenvalue weighted by Crippen LogP contribution is -3.25. The number of benzene rings is 2. The Bertz CT molecular complexity index is 993. The molecule has 2 aliphatic heterocycles. The molecule has 3 fully saturated rings. The average molecular weight is 474 g/mol. The van der Waals surface area contributed by atoms with Crippen molar-refractivity contribution >= 4 is 10.1 Å². The van der Waals surface area contributed by atoms with Crippen molar-refractivity contribution < 1.29 is 27.7 Å². The lowest BCUT2D eigenvalue weighted by molar-refractivity contribution is -0.997. The zero-order chi connectivity index (χ0) is 23.9. The maximum Gasteiger partial charge on any atom is 0.154 e. The van der Waals surface area contributed by atoms with E-state index < -0.39 is 15.7 Å². The van der Waals surface area contributed by atoms with Crippen LogP contribution in [0.15, 0.2) is 60.7 Å². The van der Waals surface area contributed by atoms with E-state index in [0.717, 1.165) is 13.0 Å². The van der Waals surface area contributed by atoms with Gasteiger partial charge in [-0.3, -0.25) is 0 Å². The van der Waals surface area contributed by atoms with Crippen LogP contribution in [0.2, 0.25) is 0 Å². The van der Waals surface area contributed by atoms with Gasteiger partial charge in [-0.2, -0.15) is 0 Å². The van der Waals surface area contributed by atoms with Gasteiger partial charge in [0.2, 0.25) is 0 Å². The Kier molecular flexibility index (Phi) is 6.73. The molecule has 0 amide bonds. The van der Waals surface area contributed by atoms with Crippen molar-refractivity contribution in [2.24, 2.45) is 11.3 Å². The van der Waals surface area contributed by atoms with Crippen molar-refractivity contribution in [2.75, 3.05) is 18.9 Å². The molecule has 3 aliphatic rings. The fraction of sp³-hybridized carbons (Fsp3) is 0.538. The summed E-state index contributed by atoms with van der Waals surface area (Å²) in [5.41, 5.74) is 1.76. The number of ether oxygens (including phenoxy) is 1. The van der Waals surface area contributed by atoms with Gasteiger partial charge in [-0.15, -0.1) is 0 Å². The van der Waals surface area contributed by atoms with Gasteiger partial charge in [0.05, 0.1) is 28.1 Å². The van der Waals surface area contributed by atoms with E-state index in [0.29, 0.717) is 31.0 Å². The summed E-state index contributed by atoms with van der Waals surface area (Å²) in [6.07, 6.45) is 1.51. The highest BCUT2D eigenvalue weighted by atomic mass is 32.2. The van der Waals surface area contributed by atoms with Crippen LogP contribution in [0.25, 0.3) is 0 Å². The van der Waals surface area contributed by atoms with Gasteiger partial charge in [0.1, 0.15) is 18.6 Å². The van der Waals surface area contributed by atoms with E-state index in [1.807, 2.05) is 13.8 Å². The summed E-state index contributed by atoms with van der Waals surface area (Å²) in [4.78, 5) is 1.45. The number of aliphatic hydroxyl groups is 1. The number of nitrogens with one attached hydrogen (secondary N) is 1. The Morgan fingerprint density at radius 2 is 1.64 bits per heavy atom. The number of rotatable bonds is 5. The van der Waals surface area contributed by atoms with Crippen LogP contribution in [-0.2, 0) is 14.9 Å². The van der Waals surface area contributed by atoms with Gasteiger partial charge in [0.25, 0.3) is 0 Å². The number of fused-ring (bicyclic) bond motifs is 2. The predicted molar refractivity (Wildman–Crippen MR) is 126 cm³/mol. The molecule has 2 heterocycles. The lowest BCUT2D eigenvalue weighted by Gasteiger charge is -2.44. The molecule has 1 saturated carbocycles. The number of quaternary nitrogens is 1. The smallest absolute Gasteiger partial charge is 0.154 e. The summed E-state index contributed by atoms with van der Waals surface area (Å²) >= 11 is 0. The second-order valence-corrected chi connectivity index (χ2v) is 11.8. The molecule has 2 bridgehead atoms. The number of likely N-dealkylation sites (tertiary alicyclic amines) is 1. The molecule has 1 unspecified atom stereocenters. The Morgan fingerprint density at radius 1 is 1.09 bits per heavy atom. The summed E-state index contributed by atoms with van der Waals surface area (Å²) in [6.45, 7) is 7.56. The summed E-state index contributed by atoms with van der Waals surface area (Å²) in [6, 6.07) is 21.8. The van der Waals surface area contributed by atoms with E-state index in [4.69, 9.17) is 4.74 Å². The quantitative estimate of drug-likeness (QED) is 0.650. The highest BCUT2D eigenvalue weighted by Crippen LogP contribution is 2.57. The summed E-state index contributed by atoms with van der Waals surface area (Å²) in [7, 11) is -4.20. The molecule has 0 spiro atoms. The van der Waals surface area contributed by atoms with Crippen molar-refractivity contribution in [1.82, 2.24) is 0 Å². The van der Waals surface area contributed by atoms with E-state index in [-0.39, 0.29) is 17.3 Å². The fourth-order valence-electron chi connectivity index (χ4n) is 5.84. The minimum absolute atomic E-state index is 0.162. The Balaban J connectivity index is 0.000000165. The maximum atomic E-state index is 10.8. The molecule has 5 atom stereocenters. The van der Waals surface area contributed by atoms with Crippen LogP contribution >= 0.6 is 0 Å². The Labute approximate surface area is 197 Å². The van der Waals surface area contributed by atoms with E-state index in [1.54, 1.807) is 0 Å². The first-order chi connectivity index (χ1) is 15.5. The topological polar surface area (TPSA) is 91.1 Å². The highest BCUT2D eigenvalue weighted by molar-refractivity contribution is 7.85. The molecule has 6 nitrogen and oxygen atoms in total. The van der Waals surface area contributed by atoms with E-state index in [2.05, 4.69) is 67.6 Å². The molecule has 5 rings (SSSR count). The van der Waals surface area contributed by atoms with Gasteiger partial charge in [0, 0.05) is 11.1 Å². The van der Waals surface area contributed by atoms with Gasteiger partial charge < -0.3 is 19.3 Å². The third kappa shape index (κ3) is 4.75. The van der Waals surface area contributed by atoms with Crippen LogP contribution < -0.4 is 4.90 Å². The second kappa shape index (κ2) is 9.12. The van der Waals surface area contributed by atoms with Crippen LogP contribution in [0.4, 0.5) is 0 Å². The van der Waals surface area contributed by atoms with Gasteiger partial charge in [-0.25, -0.2) is 8.42 Å². The largest absolute Gasteiger partial charge is 0.748 e. The third-order valence-electron chi connectivity index (χ3n) is 8.31. The highest BCUT2D eigenvalue weighted by Gasteiger charge is 2.61. The van der Waals surface area contributed by atoms with Crippen molar-refractivity contribution in [3.8, 4) is 0 Å². The number of aliphatic hydroxyl groups excluding tert-OH is 1. The van der Waals surface area contributed by atoms with Crippen LogP contribution in [-0.4, -0.2) is 54.7 Å². The second-order valence-electron chi connectivity index (χ2n) is 10.4. The van der Waals surface area contributed by atoms with E-state index in [1.165, 1.54) is 16.0 Å². The zero-order valence-corrected chi connectivity index (χ0v) is 20.4. The molecule has 180 valence electrons. The first kappa shape index (κ1) is 24.4. The molecule has 2 aromatic rings. The molecule has 2 N–H and O–H groups in total.